The number of hydrogen-bond donors (Lipinski definition) is 2. The van der Waals surface area contributed by atoms with Crippen LogP contribution in [-0.4, -0.2) is 14.7 Å². The molecule has 2 rings (SSSR count). The van der Waals surface area contributed by atoms with Gasteiger partial charge in [-0.15, -0.1) is 0 Å². The quantitative estimate of drug-likeness (QED) is 0.835. The molecular formula is C13H20N2O3. The first-order valence-electron chi connectivity index (χ1n) is 6.23. The lowest BCUT2D eigenvalue weighted by Crippen LogP contribution is -2.32. The minimum absolute atomic E-state index is 0.0858. The summed E-state index contributed by atoms with van der Waals surface area (Å²) < 4.78 is 1.33. The van der Waals surface area contributed by atoms with Crippen LogP contribution in [0, 0.1) is 10.8 Å². The van der Waals surface area contributed by atoms with Gasteiger partial charge in [0, 0.05) is 0 Å². The third-order valence-electron chi connectivity index (χ3n) is 4.77. The Hall–Kier alpha value is -1.52. The van der Waals surface area contributed by atoms with Gasteiger partial charge in [-0.05, 0) is 17.3 Å². The molecule has 0 bridgehead atoms. The maximum atomic E-state index is 11.9. The van der Waals surface area contributed by atoms with Gasteiger partial charge in [0.05, 0.1) is 11.6 Å². The molecule has 5 nitrogen and oxygen atoms in total. The molecule has 5 heteroatoms. The van der Waals surface area contributed by atoms with Gasteiger partial charge < -0.3 is 5.11 Å². The smallest absolute Gasteiger partial charge is 0.331 e. The van der Waals surface area contributed by atoms with Crippen LogP contribution in [0.15, 0.2) is 9.59 Å². The third kappa shape index (κ3) is 1.39. The van der Waals surface area contributed by atoms with Gasteiger partial charge in [-0.25, -0.2) is 4.79 Å². The number of aromatic nitrogens is 2. The summed E-state index contributed by atoms with van der Waals surface area (Å²) >= 11 is 0. The second-order valence-corrected chi connectivity index (χ2v) is 6.13. The van der Waals surface area contributed by atoms with Crippen molar-refractivity contribution in [1.82, 2.24) is 9.55 Å². The lowest BCUT2D eigenvalue weighted by Gasteiger charge is -2.12. The maximum absolute atomic E-state index is 11.9. The van der Waals surface area contributed by atoms with Crippen molar-refractivity contribution in [2.75, 3.05) is 0 Å². The van der Waals surface area contributed by atoms with Crippen molar-refractivity contribution in [3.8, 4) is 5.88 Å². The van der Waals surface area contributed by atoms with Gasteiger partial charge in [-0.1, -0.05) is 34.6 Å². The van der Waals surface area contributed by atoms with E-state index in [2.05, 4.69) is 32.7 Å². The highest BCUT2D eigenvalue weighted by atomic mass is 16.3. The van der Waals surface area contributed by atoms with Crippen LogP contribution >= 0.6 is 0 Å². The molecule has 0 amide bonds. The van der Waals surface area contributed by atoms with E-state index in [0.29, 0.717) is 6.42 Å². The van der Waals surface area contributed by atoms with Gasteiger partial charge in [0.1, 0.15) is 0 Å². The van der Waals surface area contributed by atoms with E-state index in [9.17, 15) is 14.7 Å². The van der Waals surface area contributed by atoms with Crippen molar-refractivity contribution in [2.45, 2.75) is 47.1 Å². The summed E-state index contributed by atoms with van der Waals surface area (Å²) in [5.41, 5.74) is -0.922. The van der Waals surface area contributed by atoms with Crippen LogP contribution in [0.2, 0.25) is 0 Å². The minimum Gasteiger partial charge on any atom is -0.494 e. The van der Waals surface area contributed by atoms with Gasteiger partial charge in [-0.3, -0.25) is 14.3 Å². The SMILES string of the molecule is CCc1c(O)n(C2C(C)(C)C2(C)C)c(=O)[nH]c1=O. The summed E-state index contributed by atoms with van der Waals surface area (Å²) in [6, 6.07) is -0.0975. The number of nitrogens with zero attached hydrogens (tertiary/aromatic N) is 1. The van der Waals surface area contributed by atoms with Crippen LogP contribution in [0.5, 0.6) is 5.88 Å². The Morgan fingerprint density at radius 1 is 1.22 bits per heavy atom. The highest BCUT2D eigenvalue weighted by molar-refractivity contribution is 5.28. The summed E-state index contributed by atoms with van der Waals surface area (Å²) in [6.07, 6.45) is 0.398. The summed E-state index contributed by atoms with van der Waals surface area (Å²) in [4.78, 5) is 25.8. The molecule has 1 aliphatic carbocycles. The van der Waals surface area contributed by atoms with Crippen molar-refractivity contribution in [1.29, 1.82) is 0 Å². The molecule has 0 aliphatic heterocycles. The number of nitrogens with one attached hydrogen (secondary N) is 1. The Balaban J connectivity index is 2.69. The normalized spacial score (nSPS) is 20.9. The van der Waals surface area contributed by atoms with Crippen LogP contribution in [0.25, 0.3) is 0 Å². The second kappa shape index (κ2) is 3.49. The van der Waals surface area contributed by atoms with Crippen LogP contribution in [0.3, 0.4) is 0 Å². The van der Waals surface area contributed by atoms with Crippen molar-refractivity contribution >= 4 is 0 Å². The predicted molar refractivity (Wildman–Crippen MR) is 69.0 cm³/mol. The molecule has 1 heterocycles. The molecule has 0 saturated heterocycles. The van der Waals surface area contributed by atoms with Crippen LogP contribution < -0.4 is 11.2 Å². The average molecular weight is 252 g/mol. The molecule has 0 radical (unpaired) electrons. The average Bonchev–Trinajstić information content (AvgIpc) is 2.61. The standard InChI is InChI=1S/C13H20N2O3/c1-6-7-8(16)14-11(18)15(9(7)17)10-12(2,3)13(10,4)5/h10,17H,6H2,1-5H3,(H,14,16,18). The second-order valence-electron chi connectivity index (χ2n) is 6.13. The summed E-state index contributed by atoms with van der Waals surface area (Å²) in [5, 5.41) is 10.2. The van der Waals surface area contributed by atoms with Gasteiger partial charge in [0.2, 0.25) is 5.88 Å². The van der Waals surface area contributed by atoms with E-state index in [1.807, 2.05) is 0 Å². The van der Waals surface area contributed by atoms with E-state index in [1.54, 1.807) is 6.92 Å². The molecule has 1 saturated carbocycles. The largest absolute Gasteiger partial charge is 0.494 e. The predicted octanol–water partition coefficient (Wildman–Crippen LogP) is 1.41. The van der Waals surface area contributed by atoms with Crippen molar-refractivity contribution < 1.29 is 5.11 Å². The lowest BCUT2D eigenvalue weighted by molar-refractivity contribution is 0.374. The maximum Gasteiger partial charge on any atom is 0.331 e. The highest BCUT2D eigenvalue weighted by Crippen LogP contribution is 2.71. The van der Waals surface area contributed by atoms with Crippen molar-refractivity contribution in [3.63, 3.8) is 0 Å². The van der Waals surface area contributed by atoms with Crippen molar-refractivity contribution in [3.05, 3.63) is 26.4 Å². The fraction of sp³-hybridized carbons (Fsp3) is 0.692. The fourth-order valence-corrected chi connectivity index (χ4v) is 2.94. The number of H-pyrrole nitrogens is 1. The van der Waals surface area contributed by atoms with E-state index in [4.69, 9.17) is 0 Å². The van der Waals surface area contributed by atoms with Crippen LogP contribution in [-0.2, 0) is 6.42 Å². The van der Waals surface area contributed by atoms with Crippen LogP contribution in [0.4, 0.5) is 0 Å². The zero-order valence-electron chi connectivity index (χ0n) is 11.5. The summed E-state index contributed by atoms with van der Waals surface area (Å²) in [7, 11) is 0. The topological polar surface area (TPSA) is 75.1 Å². The highest BCUT2D eigenvalue weighted by Gasteiger charge is 2.67. The van der Waals surface area contributed by atoms with Crippen molar-refractivity contribution in [2.24, 2.45) is 10.8 Å². The first kappa shape index (κ1) is 12.9. The molecule has 1 fully saturated rings. The molecule has 18 heavy (non-hydrogen) atoms. The van der Waals surface area contributed by atoms with Crippen LogP contribution in [0.1, 0.15) is 46.2 Å². The molecule has 0 aromatic carbocycles. The van der Waals surface area contributed by atoms with E-state index in [1.165, 1.54) is 4.57 Å². The van der Waals surface area contributed by atoms with Gasteiger partial charge in [0.15, 0.2) is 0 Å². The number of rotatable bonds is 2. The molecular weight excluding hydrogens is 232 g/mol. The van der Waals surface area contributed by atoms with E-state index in [0.717, 1.165) is 0 Å². The van der Waals surface area contributed by atoms with Gasteiger partial charge in [0.25, 0.3) is 5.56 Å². The Morgan fingerprint density at radius 2 is 1.72 bits per heavy atom. The first-order chi connectivity index (χ1) is 8.16. The first-order valence-corrected chi connectivity index (χ1v) is 6.23. The Morgan fingerprint density at radius 3 is 2.11 bits per heavy atom. The number of aromatic hydroxyl groups is 1. The molecule has 1 aliphatic rings. The Labute approximate surface area is 105 Å². The fourth-order valence-electron chi connectivity index (χ4n) is 2.94. The number of aromatic amines is 1. The molecule has 0 atom stereocenters. The molecule has 0 unspecified atom stereocenters. The molecule has 1 aromatic rings. The lowest BCUT2D eigenvalue weighted by atomic mass is 10.0. The van der Waals surface area contributed by atoms with E-state index < -0.39 is 11.2 Å². The Bertz CT molecular complexity index is 594. The summed E-state index contributed by atoms with van der Waals surface area (Å²) in [6.45, 7) is 10.0. The van der Waals surface area contributed by atoms with Gasteiger partial charge in [-0.2, -0.15) is 0 Å². The van der Waals surface area contributed by atoms with E-state index in [-0.39, 0.29) is 28.3 Å². The Kier molecular flexibility index (Phi) is 2.51. The van der Waals surface area contributed by atoms with Gasteiger partial charge >= 0.3 is 5.69 Å². The molecule has 2 N–H and O–H groups in total. The number of hydrogen-bond acceptors (Lipinski definition) is 3. The summed E-state index contributed by atoms with van der Waals surface area (Å²) in [5.74, 6) is -0.185. The zero-order chi connectivity index (χ0) is 13.9. The monoisotopic (exact) mass is 252 g/mol. The third-order valence-corrected chi connectivity index (χ3v) is 4.77. The zero-order valence-corrected chi connectivity index (χ0v) is 11.5. The molecule has 0 spiro atoms. The molecule has 100 valence electrons. The minimum atomic E-state index is -0.529. The molecule has 1 aromatic heterocycles. The van der Waals surface area contributed by atoms with E-state index >= 15 is 0 Å².